The van der Waals surface area contributed by atoms with E-state index in [4.69, 9.17) is 16.6 Å². The molecule has 0 aromatic carbocycles. The molecule has 13 heteroatoms. The summed E-state index contributed by atoms with van der Waals surface area (Å²) in [5, 5.41) is 15.7. The molecule has 9 N–H and O–H groups in total. The van der Waals surface area contributed by atoms with Crippen molar-refractivity contribution in [3.8, 4) is 0 Å². The summed E-state index contributed by atoms with van der Waals surface area (Å²) in [5.41, 5.74) is 11.7. The number of primary amides is 1. The molecular weight excluding hydrogens is 410 g/mol. The van der Waals surface area contributed by atoms with Gasteiger partial charge in [-0.3, -0.25) is 24.0 Å². The zero-order valence-corrected chi connectivity index (χ0v) is 17.4. The number of H-pyrrole nitrogens is 1. The molecule has 31 heavy (non-hydrogen) atoms. The van der Waals surface area contributed by atoms with Gasteiger partial charge in [0.2, 0.25) is 23.6 Å². The van der Waals surface area contributed by atoms with Crippen LogP contribution in [0.25, 0.3) is 0 Å². The van der Waals surface area contributed by atoms with Crippen molar-refractivity contribution in [1.29, 1.82) is 0 Å². The van der Waals surface area contributed by atoms with Crippen molar-refractivity contribution in [1.82, 2.24) is 25.9 Å². The highest BCUT2D eigenvalue weighted by Gasteiger charge is 2.29. The molecule has 0 aliphatic heterocycles. The quantitative estimate of drug-likeness (QED) is 0.172. The highest BCUT2D eigenvalue weighted by atomic mass is 16.4. The van der Waals surface area contributed by atoms with Gasteiger partial charge in [-0.15, -0.1) is 0 Å². The van der Waals surface area contributed by atoms with Crippen LogP contribution in [0.15, 0.2) is 12.5 Å². The molecule has 0 bridgehead atoms. The van der Waals surface area contributed by atoms with E-state index in [1.54, 1.807) is 0 Å². The molecule has 3 atom stereocenters. The maximum Gasteiger partial charge on any atom is 0.322 e. The number of carbonyl (C=O) groups excluding carboxylic acids is 4. The standard InChI is InChI=1S/C18H29N7O6/c1-9(2)3-12(24-16(29)11(19)4-10-6-21-8-23-10)18(31)25-13(5-14(20)26)17(30)22-7-15(27)28/h6,8-9,11-13H,3-5,7,19H2,1-2H3,(H2,20,26)(H,21,23)(H,22,30)(H,24,29)(H,25,31)(H,27,28). The van der Waals surface area contributed by atoms with Crippen LogP contribution >= 0.6 is 0 Å². The minimum atomic E-state index is -1.39. The summed E-state index contributed by atoms with van der Waals surface area (Å²) in [4.78, 5) is 66.0. The monoisotopic (exact) mass is 439 g/mol. The third kappa shape index (κ3) is 9.71. The second kappa shape index (κ2) is 12.3. The molecule has 1 rings (SSSR count). The third-order valence-corrected chi connectivity index (χ3v) is 4.12. The van der Waals surface area contributed by atoms with Crippen LogP contribution in [0.2, 0.25) is 0 Å². The summed E-state index contributed by atoms with van der Waals surface area (Å²) in [5.74, 6) is -4.38. The predicted molar refractivity (Wildman–Crippen MR) is 108 cm³/mol. The van der Waals surface area contributed by atoms with Gasteiger partial charge in [-0.05, 0) is 12.3 Å². The Bertz CT molecular complexity index is 780. The Morgan fingerprint density at radius 1 is 1.10 bits per heavy atom. The lowest BCUT2D eigenvalue weighted by Gasteiger charge is -2.24. The average Bonchev–Trinajstić information content (AvgIpc) is 3.17. The first-order chi connectivity index (χ1) is 14.5. The summed E-state index contributed by atoms with van der Waals surface area (Å²) >= 11 is 0. The Morgan fingerprint density at radius 3 is 2.26 bits per heavy atom. The van der Waals surface area contributed by atoms with Crippen molar-refractivity contribution in [2.24, 2.45) is 17.4 Å². The van der Waals surface area contributed by atoms with Gasteiger partial charge in [0.25, 0.3) is 0 Å². The van der Waals surface area contributed by atoms with E-state index in [0.717, 1.165) is 0 Å². The first-order valence-electron chi connectivity index (χ1n) is 9.61. The van der Waals surface area contributed by atoms with Crippen molar-refractivity contribution < 1.29 is 29.1 Å². The van der Waals surface area contributed by atoms with Crippen LogP contribution in [0, 0.1) is 5.92 Å². The molecule has 3 unspecified atom stereocenters. The maximum absolute atomic E-state index is 12.8. The minimum absolute atomic E-state index is 0.00434. The Kier molecular flexibility index (Phi) is 10.1. The van der Waals surface area contributed by atoms with Crippen LogP contribution in [0.3, 0.4) is 0 Å². The molecule has 0 spiro atoms. The number of rotatable bonds is 13. The fourth-order valence-corrected chi connectivity index (χ4v) is 2.68. The Balaban J connectivity index is 2.85. The van der Waals surface area contributed by atoms with E-state index in [1.165, 1.54) is 12.5 Å². The maximum atomic E-state index is 12.8. The van der Waals surface area contributed by atoms with Gasteiger partial charge >= 0.3 is 5.97 Å². The second-order valence-corrected chi connectivity index (χ2v) is 7.42. The van der Waals surface area contributed by atoms with Crippen LogP contribution in [0.4, 0.5) is 0 Å². The molecule has 1 heterocycles. The van der Waals surface area contributed by atoms with E-state index in [0.29, 0.717) is 5.69 Å². The van der Waals surface area contributed by atoms with Crippen LogP contribution < -0.4 is 27.4 Å². The first kappa shape index (κ1) is 25.6. The lowest BCUT2D eigenvalue weighted by molar-refractivity contribution is -0.138. The molecule has 1 aromatic heterocycles. The second-order valence-electron chi connectivity index (χ2n) is 7.42. The molecule has 0 saturated heterocycles. The molecule has 4 amide bonds. The fourth-order valence-electron chi connectivity index (χ4n) is 2.68. The number of imidazole rings is 1. The van der Waals surface area contributed by atoms with E-state index >= 15 is 0 Å². The molecular formula is C18H29N7O6. The van der Waals surface area contributed by atoms with Crippen molar-refractivity contribution in [2.45, 2.75) is 51.2 Å². The molecule has 0 radical (unpaired) electrons. The van der Waals surface area contributed by atoms with Crippen molar-refractivity contribution in [3.63, 3.8) is 0 Å². The van der Waals surface area contributed by atoms with Crippen LogP contribution in [-0.2, 0) is 30.4 Å². The van der Waals surface area contributed by atoms with Crippen molar-refractivity contribution >= 4 is 29.6 Å². The number of aromatic nitrogens is 2. The number of carboxylic acids is 1. The number of amides is 4. The zero-order valence-electron chi connectivity index (χ0n) is 17.4. The third-order valence-electron chi connectivity index (χ3n) is 4.12. The number of hydrogen-bond donors (Lipinski definition) is 7. The van der Waals surface area contributed by atoms with Gasteiger partial charge in [-0.25, -0.2) is 4.98 Å². The topological polar surface area (TPSA) is 222 Å². The summed E-state index contributed by atoms with van der Waals surface area (Å²) < 4.78 is 0. The lowest BCUT2D eigenvalue weighted by atomic mass is 10.0. The van der Waals surface area contributed by atoms with Gasteiger partial charge in [-0.2, -0.15) is 0 Å². The Labute approximate surface area is 178 Å². The van der Waals surface area contributed by atoms with Gasteiger partial charge in [-0.1, -0.05) is 13.8 Å². The van der Waals surface area contributed by atoms with Crippen LogP contribution in [0.5, 0.6) is 0 Å². The SMILES string of the molecule is CC(C)CC(NC(=O)C(N)Cc1cnc[nH]1)C(=O)NC(CC(N)=O)C(=O)NCC(=O)O. The number of carboxylic acid groups (broad SMARTS) is 1. The van der Waals surface area contributed by atoms with E-state index < -0.39 is 60.7 Å². The summed E-state index contributed by atoms with van der Waals surface area (Å²) in [6.45, 7) is 2.97. The van der Waals surface area contributed by atoms with E-state index in [2.05, 4.69) is 25.9 Å². The number of nitrogens with two attached hydrogens (primary N) is 2. The van der Waals surface area contributed by atoms with E-state index in [-0.39, 0.29) is 18.8 Å². The minimum Gasteiger partial charge on any atom is -0.480 e. The smallest absolute Gasteiger partial charge is 0.322 e. The number of nitrogens with one attached hydrogen (secondary N) is 4. The lowest BCUT2D eigenvalue weighted by Crippen LogP contribution is -2.57. The normalized spacial score (nSPS) is 13.7. The summed E-state index contributed by atoms with van der Waals surface area (Å²) in [6.07, 6.45) is 2.83. The Hall–Kier alpha value is -3.48. The van der Waals surface area contributed by atoms with Crippen molar-refractivity contribution in [2.75, 3.05) is 6.54 Å². The molecule has 1 aromatic rings. The first-order valence-corrected chi connectivity index (χ1v) is 9.61. The largest absolute Gasteiger partial charge is 0.480 e. The zero-order chi connectivity index (χ0) is 23.6. The van der Waals surface area contributed by atoms with Crippen LogP contribution in [0.1, 0.15) is 32.4 Å². The fraction of sp³-hybridized carbons (Fsp3) is 0.556. The number of nitrogens with zero attached hydrogens (tertiary/aromatic N) is 1. The highest BCUT2D eigenvalue weighted by Crippen LogP contribution is 2.07. The number of aliphatic carboxylic acids is 1. The molecule has 0 aliphatic rings. The average molecular weight is 439 g/mol. The van der Waals surface area contributed by atoms with E-state index in [1.807, 2.05) is 13.8 Å². The number of aromatic amines is 1. The molecule has 172 valence electrons. The van der Waals surface area contributed by atoms with Gasteiger partial charge in [0, 0.05) is 18.3 Å². The molecule has 0 saturated carbocycles. The highest BCUT2D eigenvalue weighted by molar-refractivity contribution is 5.95. The molecule has 0 aliphatic carbocycles. The molecule has 0 fully saturated rings. The number of carbonyl (C=O) groups is 5. The van der Waals surface area contributed by atoms with E-state index in [9.17, 15) is 24.0 Å². The van der Waals surface area contributed by atoms with Crippen LogP contribution in [-0.4, -0.2) is 69.3 Å². The van der Waals surface area contributed by atoms with Gasteiger partial charge in [0.05, 0.1) is 18.8 Å². The van der Waals surface area contributed by atoms with Crippen molar-refractivity contribution in [3.05, 3.63) is 18.2 Å². The van der Waals surface area contributed by atoms with Gasteiger partial charge in [0.1, 0.15) is 18.6 Å². The van der Waals surface area contributed by atoms with Gasteiger partial charge < -0.3 is 37.5 Å². The number of hydrogen-bond acceptors (Lipinski definition) is 7. The summed E-state index contributed by atoms with van der Waals surface area (Å²) in [7, 11) is 0. The van der Waals surface area contributed by atoms with Gasteiger partial charge in [0.15, 0.2) is 0 Å². The summed E-state index contributed by atoms with van der Waals surface area (Å²) in [6, 6.07) is -3.39. The predicted octanol–water partition coefficient (Wildman–Crippen LogP) is -2.63. The Morgan fingerprint density at radius 2 is 1.74 bits per heavy atom. The molecule has 13 nitrogen and oxygen atoms in total.